The number of carbonyl (C=O) groups excluding carboxylic acids is 1. The minimum atomic E-state index is -1.78. The zero-order valence-corrected chi connectivity index (χ0v) is 38.9. The molecule has 0 unspecified atom stereocenters. The van der Waals surface area contributed by atoms with E-state index in [0.29, 0.717) is 38.5 Å². The molecule has 0 aromatic rings. The van der Waals surface area contributed by atoms with Crippen molar-refractivity contribution in [3.05, 3.63) is 23.3 Å². The fourth-order valence-corrected chi connectivity index (χ4v) is 13.9. The van der Waals surface area contributed by atoms with E-state index >= 15 is 0 Å². The van der Waals surface area contributed by atoms with Crippen molar-refractivity contribution in [1.82, 2.24) is 0 Å². The predicted molar refractivity (Wildman–Crippen MR) is 229 cm³/mol. The number of hydrogen-bond donors (Lipinski definition) is 13. The maximum Gasteiger partial charge on any atom is 0.312 e. The molecule has 2 saturated heterocycles. The second-order valence-electron chi connectivity index (χ2n) is 22.1. The number of ether oxygens (including phenoxy) is 5. The molecule has 2 aliphatic heterocycles. The Morgan fingerprint density at radius 2 is 1.47 bits per heavy atom. The Labute approximate surface area is 385 Å². The Kier molecular flexibility index (Phi) is 14.8. The van der Waals surface area contributed by atoms with Gasteiger partial charge in [-0.25, -0.2) is 0 Å². The van der Waals surface area contributed by atoms with Crippen molar-refractivity contribution < 1.29 is 94.9 Å². The summed E-state index contributed by atoms with van der Waals surface area (Å²) in [6.07, 6.45) is -13.7. The van der Waals surface area contributed by atoms with Gasteiger partial charge in [-0.1, -0.05) is 45.4 Å². The molecule has 3 saturated carbocycles. The monoisotopic (exact) mass is 944 g/mol. The van der Waals surface area contributed by atoms with Crippen LogP contribution in [0.3, 0.4) is 0 Å². The van der Waals surface area contributed by atoms with Crippen LogP contribution in [0.15, 0.2) is 23.3 Å². The number of carbonyl (C=O) groups is 1. The molecule has 2 heterocycles. The van der Waals surface area contributed by atoms with Crippen molar-refractivity contribution in [2.75, 3.05) is 33.0 Å². The number of allylic oxidation sites excluding steroid dienone is 3. The minimum absolute atomic E-state index is 0.0658. The molecule has 13 N–H and O–H groups in total. The highest BCUT2D eigenvalue weighted by Crippen LogP contribution is 2.74. The van der Waals surface area contributed by atoms with Gasteiger partial charge in [-0.15, -0.1) is 0 Å². The fourth-order valence-electron chi connectivity index (χ4n) is 13.9. The van der Waals surface area contributed by atoms with Crippen LogP contribution >= 0.6 is 0 Å². The first-order valence-corrected chi connectivity index (χ1v) is 23.7. The third kappa shape index (κ3) is 8.06. The maximum absolute atomic E-state index is 13.8. The average molecular weight is 945 g/mol. The van der Waals surface area contributed by atoms with E-state index in [4.69, 9.17) is 23.7 Å². The van der Waals surface area contributed by atoms with E-state index in [-0.39, 0.29) is 37.9 Å². The first-order valence-electron chi connectivity index (χ1n) is 23.7. The highest BCUT2D eigenvalue weighted by atomic mass is 16.7. The summed E-state index contributed by atoms with van der Waals surface area (Å²) in [6, 6.07) is 0. The first kappa shape index (κ1) is 52.1. The van der Waals surface area contributed by atoms with Gasteiger partial charge in [-0.2, -0.15) is 0 Å². The molecule has 5 fully saturated rings. The highest BCUT2D eigenvalue weighted by molar-refractivity contribution is 5.77. The Morgan fingerprint density at radius 1 is 0.788 bits per heavy atom. The third-order valence-electron chi connectivity index (χ3n) is 18.5. The second kappa shape index (κ2) is 18.8. The molecule has 66 heavy (non-hydrogen) atoms. The third-order valence-corrected chi connectivity index (χ3v) is 18.5. The molecule has 378 valence electrons. The standard InChI is InChI=1S/C47H76O19/c1-22-32(55)38(66-39-36(59)35(58)34(57)27(18-49)64-39)37(60)40(63-22)65-31-10-11-43(3)28(44(31,4)20-50)9-12-45(5)29(43)8-7-23-24-15-42(2,41(61)62-19-26(53)33(56)25(52)17-48)13-14-47(24,21-51)30(54)16-46(23,45)6/h7-8,22,25-40,48-60H,9-21H2,1-6H3/t22-,25+,26-,27+,28+,29+,30-,31+,32-,33+,34+,35-,36-,37-,38+,39-,40+,42-,43-,44+,45+,46-,47-/m0/s1. The van der Waals surface area contributed by atoms with Gasteiger partial charge in [0.15, 0.2) is 12.6 Å². The minimum Gasteiger partial charge on any atom is -0.462 e. The first-order chi connectivity index (χ1) is 30.9. The van der Waals surface area contributed by atoms with E-state index in [0.717, 1.165) is 11.1 Å². The maximum atomic E-state index is 13.8. The lowest BCUT2D eigenvalue weighted by atomic mass is 9.35. The van der Waals surface area contributed by atoms with Crippen molar-refractivity contribution in [2.45, 2.75) is 185 Å². The average Bonchev–Trinajstić information content (AvgIpc) is 3.29. The number of hydrogen-bond acceptors (Lipinski definition) is 19. The summed E-state index contributed by atoms with van der Waals surface area (Å²) < 4.78 is 29.5. The molecule has 0 bridgehead atoms. The summed E-state index contributed by atoms with van der Waals surface area (Å²) in [5.41, 5.74) is -2.75. The van der Waals surface area contributed by atoms with Gasteiger partial charge in [0.1, 0.15) is 67.6 Å². The molecular weight excluding hydrogens is 868 g/mol. The smallest absolute Gasteiger partial charge is 0.312 e. The molecule has 0 aromatic carbocycles. The lowest BCUT2D eigenvalue weighted by Crippen LogP contribution is -2.67. The van der Waals surface area contributed by atoms with Gasteiger partial charge in [-0.05, 0) is 93.5 Å². The van der Waals surface area contributed by atoms with Gasteiger partial charge >= 0.3 is 5.97 Å². The topological polar surface area (TPSA) is 326 Å². The van der Waals surface area contributed by atoms with E-state index in [1.54, 1.807) is 13.8 Å². The SMILES string of the molecule is C[C@@H]1O[C@H](O[C@@H]2CC[C@@]3(C)[C@@H](CC[C@]4(C)[C@@H]3C=CC3=C5C[C@@](C)(C(=O)OC[C@H](O)[C@H](O)[C@H](O)CO)CC[C@@]5(CO)[C@@H](O)C[C@@]34C)[C@@]2(C)CO)[C@@H](O)[C@H](O[C@@H]2O[C@H](CO)[C@@H](O)[C@H](O)[C@@H]2O)[C@H]1O. The van der Waals surface area contributed by atoms with Gasteiger partial charge in [0.05, 0.1) is 50.2 Å². The lowest BCUT2D eigenvalue weighted by Gasteiger charge is -2.70. The summed E-state index contributed by atoms with van der Waals surface area (Å²) in [5.74, 6) is -0.824. The van der Waals surface area contributed by atoms with Crippen LogP contribution in [0.4, 0.5) is 0 Å². The second-order valence-corrected chi connectivity index (χ2v) is 22.1. The van der Waals surface area contributed by atoms with Gasteiger partial charge in [0.2, 0.25) is 0 Å². The molecule has 23 atom stereocenters. The zero-order chi connectivity index (χ0) is 48.7. The highest BCUT2D eigenvalue weighted by Gasteiger charge is 2.69. The molecule has 0 aromatic heterocycles. The fraction of sp³-hybridized carbons (Fsp3) is 0.894. The van der Waals surface area contributed by atoms with Crippen LogP contribution in [0.1, 0.15) is 92.9 Å². The van der Waals surface area contributed by atoms with Crippen LogP contribution < -0.4 is 0 Å². The normalized spacial score (nSPS) is 50.6. The van der Waals surface area contributed by atoms with E-state index in [1.807, 2.05) is 6.92 Å². The molecule has 0 radical (unpaired) electrons. The predicted octanol–water partition coefficient (Wildman–Crippen LogP) is -1.72. The summed E-state index contributed by atoms with van der Waals surface area (Å²) in [7, 11) is 0. The molecular formula is C47H76O19. The van der Waals surface area contributed by atoms with Crippen molar-refractivity contribution in [2.24, 2.45) is 44.3 Å². The molecule has 0 spiro atoms. The van der Waals surface area contributed by atoms with Crippen LogP contribution in [0, 0.1) is 44.3 Å². The van der Waals surface area contributed by atoms with Crippen molar-refractivity contribution in [3.63, 3.8) is 0 Å². The van der Waals surface area contributed by atoms with Crippen LogP contribution in [-0.2, 0) is 28.5 Å². The quantitative estimate of drug-likeness (QED) is 0.0721. The number of fused-ring (bicyclic) bond motifs is 6. The van der Waals surface area contributed by atoms with E-state index in [9.17, 15) is 71.2 Å². The van der Waals surface area contributed by atoms with Crippen LogP contribution in [0.5, 0.6) is 0 Å². The Morgan fingerprint density at radius 3 is 2.11 bits per heavy atom. The summed E-state index contributed by atoms with van der Waals surface area (Å²) in [5, 5.41) is 138. The van der Waals surface area contributed by atoms with Crippen LogP contribution in [0.25, 0.3) is 0 Å². The lowest BCUT2D eigenvalue weighted by molar-refractivity contribution is -0.367. The summed E-state index contributed by atoms with van der Waals surface area (Å²) in [6.45, 7) is 9.21. The molecule has 5 aliphatic carbocycles. The van der Waals surface area contributed by atoms with Crippen LogP contribution in [0.2, 0.25) is 0 Å². The summed E-state index contributed by atoms with van der Waals surface area (Å²) in [4.78, 5) is 13.8. The van der Waals surface area contributed by atoms with Gasteiger partial charge in [0.25, 0.3) is 0 Å². The molecule has 7 aliphatic rings. The Hall–Kier alpha value is -1.73. The number of rotatable bonds is 13. The molecule has 19 heteroatoms. The zero-order valence-electron chi connectivity index (χ0n) is 38.9. The van der Waals surface area contributed by atoms with Crippen molar-refractivity contribution >= 4 is 5.97 Å². The summed E-state index contributed by atoms with van der Waals surface area (Å²) >= 11 is 0. The van der Waals surface area contributed by atoms with Crippen molar-refractivity contribution in [1.29, 1.82) is 0 Å². The Balaban J connectivity index is 1.14. The molecule has 0 amide bonds. The molecule has 19 nitrogen and oxygen atoms in total. The van der Waals surface area contributed by atoms with E-state index in [1.165, 1.54) is 0 Å². The number of aliphatic hydroxyl groups is 13. The Bertz CT molecular complexity index is 1810. The van der Waals surface area contributed by atoms with Crippen LogP contribution in [-0.4, -0.2) is 197 Å². The van der Waals surface area contributed by atoms with E-state index in [2.05, 4.69) is 32.9 Å². The van der Waals surface area contributed by atoms with Gasteiger partial charge < -0.3 is 90.1 Å². The molecule has 7 rings (SSSR count). The van der Waals surface area contributed by atoms with Gasteiger partial charge in [0, 0.05) is 16.2 Å². The van der Waals surface area contributed by atoms with E-state index < -0.39 is 150 Å². The largest absolute Gasteiger partial charge is 0.462 e. The number of aliphatic hydroxyl groups excluding tert-OH is 13. The van der Waals surface area contributed by atoms with Crippen molar-refractivity contribution in [3.8, 4) is 0 Å². The van der Waals surface area contributed by atoms with Gasteiger partial charge in [-0.3, -0.25) is 4.79 Å². The number of esters is 1.